The summed E-state index contributed by atoms with van der Waals surface area (Å²) in [7, 11) is 0. The van der Waals surface area contributed by atoms with Crippen LogP contribution in [0.25, 0.3) is 11.3 Å². The molecule has 1 heterocycles. The van der Waals surface area contributed by atoms with Crippen LogP contribution in [-0.2, 0) is 0 Å². The van der Waals surface area contributed by atoms with E-state index in [9.17, 15) is 0 Å². The summed E-state index contributed by atoms with van der Waals surface area (Å²) in [6.45, 7) is 0. The fourth-order valence-electron chi connectivity index (χ4n) is 1.88. The number of thiazole rings is 1. The molecule has 104 valence electrons. The van der Waals surface area contributed by atoms with Gasteiger partial charge in [0.15, 0.2) is 0 Å². The van der Waals surface area contributed by atoms with E-state index in [1.807, 2.05) is 29.8 Å². The van der Waals surface area contributed by atoms with Gasteiger partial charge >= 0.3 is 0 Å². The second-order valence-electron chi connectivity index (χ2n) is 4.41. The molecule has 0 amide bonds. The van der Waals surface area contributed by atoms with Crippen LogP contribution >= 0.6 is 23.1 Å². The maximum Gasteiger partial charge on any atom is 0.209 e. The highest BCUT2D eigenvalue weighted by Gasteiger charge is 2.02. The van der Waals surface area contributed by atoms with Gasteiger partial charge in [0.05, 0.1) is 5.69 Å². The van der Waals surface area contributed by atoms with Crippen molar-refractivity contribution in [2.45, 2.75) is 4.90 Å². The summed E-state index contributed by atoms with van der Waals surface area (Å²) < 4.78 is 0. The molecule has 0 unspecified atom stereocenters. The summed E-state index contributed by atoms with van der Waals surface area (Å²) in [5.41, 5.74) is 3.19. The van der Waals surface area contributed by atoms with E-state index in [1.54, 1.807) is 23.1 Å². The highest BCUT2D eigenvalue weighted by Crippen LogP contribution is 2.26. The Labute approximate surface area is 132 Å². The minimum atomic E-state index is 0.780. The van der Waals surface area contributed by atoms with Gasteiger partial charge in [0.25, 0.3) is 0 Å². The van der Waals surface area contributed by atoms with E-state index >= 15 is 0 Å². The number of benzene rings is 2. The van der Waals surface area contributed by atoms with Crippen molar-refractivity contribution in [2.75, 3.05) is 6.26 Å². The summed E-state index contributed by atoms with van der Waals surface area (Å²) in [6, 6.07) is 18.5. The molecule has 0 saturated carbocycles. The number of hydrogen-bond donors (Lipinski definition) is 0. The lowest BCUT2D eigenvalue weighted by atomic mass is 10.2. The molecule has 0 fully saturated rings. The Morgan fingerprint density at radius 3 is 2.52 bits per heavy atom. The lowest BCUT2D eigenvalue weighted by Gasteiger charge is -1.96. The van der Waals surface area contributed by atoms with Crippen LogP contribution in [0.4, 0.5) is 5.13 Å². The first kappa shape index (κ1) is 14.0. The van der Waals surface area contributed by atoms with E-state index in [2.05, 4.69) is 52.6 Å². The molecule has 0 atom stereocenters. The van der Waals surface area contributed by atoms with Gasteiger partial charge in [-0.25, -0.2) is 9.98 Å². The molecule has 2 nitrogen and oxygen atoms in total. The second kappa shape index (κ2) is 6.70. The van der Waals surface area contributed by atoms with Crippen molar-refractivity contribution in [3.8, 4) is 11.3 Å². The number of nitrogens with zero attached hydrogens (tertiary/aromatic N) is 2. The molecule has 2 aromatic carbocycles. The normalized spacial score (nSPS) is 11.1. The Bertz CT molecular complexity index is 731. The molecule has 0 bridgehead atoms. The van der Waals surface area contributed by atoms with Crippen molar-refractivity contribution >= 4 is 34.4 Å². The van der Waals surface area contributed by atoms with Gasteiger partial charge in [0, 0.05) is 22.1 Å². The minimum absolute atomic E-state index is 0.780. The molecular weight excluding hydrogens is 296 g/mol. The predicted molar refractivity (Wildman–Crippen MR) is 93.0 cm³/mol. The van der Waals surface area contributed by atoms with Crippen LogP contribution in [0.1, 0.15) is 5.56 Å². The lowest BCUT2D eigenvalue weighted by molar-refractivity contribution is 1.36. The second-order valence-corrected chi connectivity index (χ2v) is 6.13. The molecule has 0 spiro atoms. The fraction of sp³-hybridized carbons (Fsp3) is 0.0588. The SMILES string of the molecule is CSc1ccc(/C=N/c2nc(-c3ccccc3)cs2)cc1. The summed E-state index contributed by atoms with van der Waals surface area (Å²) in [6.07, 6.45) is 3.93. The Hall–Kier alpha value is -1.91. The Kier molecular flexibility index (Phi) is 4.48. The Morgan fingerprint density at radius 1 is 1.05 bits per heavy atom. The average Bonchev–Trinajstić information content (AvgIpc) is 3.03. The van der Waals surface area contributed by atoms with E-state index < -0.39 is 0 Å². The first-order valence-corrected chi connectivity index (χ1v) is 8.65. The van der Waals surface area contributed by atoms with Gasteiger partial charge in [-0.05, 0) is 24.0 Å². The van der Waals surface area contributed by atoms with Crippen LogP contribution in [0.3, 0.4) is 0 Å². The number of thioether (sulfide) groups is 1. The van der Waals surface area contributed by atoms with Crippen LogP contribution in [0.5, 0.6) is 0 Å². The molecule has 1 aromatic heterocycles. The van der Waals surface area contributed by atoms with Gasteiger partial charge in [-0.2, -0.15) is 0 Å². The quantitative estimate of drug-likeness (QED) is 0.483. The van der Waals surface area contributed by atoms with Crippen LogP contribution in [0, 0.1) is 0 Å². The van der Waals surface area contributed by atoms with E-state index in [-0.39, 0.29) is 0 Å². The number of rotatable bonds is 4. The van der Waals surface area contributed by atoms with E-state index in [0.717, 1.165) is 22.0 Å². The van der Waals surface area contributed by atoms with E-state index in [1.165, 1.54) is 4.90 Å². The third-order valence-corrected chi connectivity index (χ3v) is 4.49. The first-order valence-electron chi connectivity index (χ1n) is 6.54. The van der Waals surface area contributed by atoms with Crippen molar-refractivity contribution in [3.63, 3.8) is 0 Å². The molecular formula is C17H14N2S2. The number of aromatic nitrogens is 1. The minimum Gasteiger partial charge on any atom is -0.227 e. The topological polar surface area (TPSA) is 25.2 Å². The highest BCUT2D eigenvalue weighted by atomic mass is 32.2. The zero-order chi connectivity index (χ0) is 14.5. The molecule has 3 aromatic rings. The van der Waals surface area contributed by atoms with Crippen molar-refractivity contribution in [2.24, 2.45) is 4.99 Å². The predicted octanol–water partition coefficient (Wildman–Crippen LogP) is 5.28. The van der Waals surface area contributed by atoms with E-state index in [4.69, 9.17) is 0 Å². The smallest absolute Gasteiger partial charge is 0.209 e. The fourth-order valence-corrected chi connectivity index (χ4v) is 2.96. The van der Waals surface area contributed by atoms with Crippen molar-refractivity contribution in [1.82, 2.24) is 4.98 Å². The molecule has 4 heteroatoms. The monoisotopic (exact) mass is 310 g/mol. The molecule has 0 N–H and O–H groups in total. The molecule has 0 aliphatic carbocycles. The van der Waals surface area contributed by atoms with Crippen molar-refractivity contribution in [3.05, 3.63) is 65.5 Å². The summed E-state index contributed by atoms with van der Waals surface area (Å²) in [4.78, 5) is 10.3. The Morgan fingerprint density at radius 2 is 1.81 bits per heavy atom. The molecule has 0 aliphatic heterocycles. The lowest BCUT2D eigenvalue weighted by Crippen LogP contribution is -1.80. The van der Waals surface area contributed by atoms with Gasteiger partial charge in [-0.1, -0.05) is 42.5 Å². The van der Waals surface area contributed by atoms with Gasteiger partial charge in [-0.3, -0.25) is 0 Å². The highest BCUT2D eigenvalue weighted by molar-refractivity contribution is 7.98. The molecule has 0 aliphatic rings. The zero-order valence-corrected chi connectivity index (χ0v) is 13.2. The van der Waals surface area contributed by atoms with Gasteiger partial charge in [0.1, 0.15) is 0 Å². The third kappa shape index (κ3) is 3.60. The van der Waals surface area contributed by atoms with Crippen LogP contribution in [0.15, 0.2) is 69.9 Å². The van der Waals surface area contributed by atoms with E-state index in [0.29, 0.717) is 0 Å². The maximum atomic E-state index is 4.55. The molecule has 21 heavy (non-hydrogen) atoms. The maximum absolute atomic E-state index is 4.55. The molecule has 0 radical (unpaired) electrons. The number of hydrogen-bond acceptors (Lipinski definition) is 4. The summed E-state index contributed by atoms with van der Waals surface area (Å²) in [5, 5.41) is 2.82. The van der Waals surface area contributed by atoms with Crippen molar-refractivity contribution < 1.29 is 0 Å². The van der Waals surface area contributed by atoms with Crippen LogP contribution < -0.4 is 0 Å². The average molecular weight is 310 g/mol. The van der Waals surface area contributed by atoms with Gasteiger partial charge in [0.2, 0.25) is 5.13 Å². The largest absolute Gasteiger partial charge is 0.227 e. The van der Waals surface area contributed by atoms with Gasteiger partial charge in [-0.15, -0.1) is 23.1 Å². The first-order chi connectivity index (χ1) is 10.3. The number of aliphatic imine (C=N–C) groups is 1. The summed E-state index contributed by atoms with van der Waals surface area (Å²) in [5.74, 6) is 0. The van der Waals surface area contributed by atoms with Crippen molar-refractivity contribution in [1.29, 1.82) is 0 Å². The zero-order valence-electron chi connectivity index (χ0n) is 11.6. The van der Waals surface area contributed by atoms with Crippen LogP contribution in [0.2, 0.25) is 0 Å². The third-order valence-electron chi connectivity index (χ3n) is 3.00. The Balaban J connectivity index is 1.76. The molecule has 3 rings (SSSR count). The van der Waals surface area contributed by atoms with Crippen LogP contribution in [-0.4, -0.2) is 17.5 Å². The standard InChI is InChI=1S/C17H14N2S2/c1-20-15-9-7-13(8-10-15)11-18-17-19-16(12-21-17)14-5-3-2-4-6-14/h2-12H,1H3/b18-11+. The van der Waals surface area contributed by atoms with Gasteiger partial charge < -0.3 is 0 Å². The summed E-state index contributed by atoms with van der Waals surface area (Å²) >= 11 is 3.30. The molecule has 0 saturated heterocycles.